The molecule has 0 spiro atoms. The third kappa shape index (κ3) is 26.6. The average molecular weight is 474 g/mol. The maximum atomic E-state index is 0. The van der Waals surface area contributed by atoms with Gasteiger partial charge in [-0.15, -0.1) is 0 Å². The second-order valence-corrected chi connectivity index (χ2v) is 0. The number of hydrogen-bond acceptors (Lipinski definition) is 0. The minimum absolute atomic E-state index is 0. The van der Waals surface area contributed by atoms with Gasteiger partial charge in [0.15, 0.2) is 0 Å². The van der Waals surface area contributed by atoms with Crippen molar-refractivity contribution in [1.29, 1.82) is 0 Å². The van der Waals surface area contributed by atoms with Crippen LogP contribution in [-0.4, -0.2) is 0 Å². The molecule has 0 amide bonds. The zero-order valence-corrected chi connectivity index (χ0v) is 12.9. The molecule has 0 bridgehead atoms. The monoisotopic (exact) mass is 472 g/mol. The molecule has 40 valence electrons. The molecule has 0 radical (unpaired) electrons. The van der Waals surface area contributed by atoms with Crippen LogP contribution < -0.4 is 49.6 Å². The van der Waals surface area contributed by atoms with Crippen LogP contribution in [0.3, 0.4) is 0 Å². The van der Waals surface area contributed by atoms with Gasteiger partial charge in [-0.1, -0.05) is 0 Å². The molecule has 0 unspecified atom stereocenters. The summed E-state index contributed by atoms with van der Waals surface area (Å²) in [5.41, 5.74) is 0. The number of halogens is 4. The molecule has 0 rings (SSSR count). The van der Waals surface area contributed by atoms with Crippen molar-refractivity contribution in [1.82, 2.24) is 0 Å². The van der Waals surface area contributed by atoms with Crippen molar-refractivity contribution in [2.45, 2.75) is 0 Å². The first kappa shape index (κ1) is 59.0. The Labute approximate surface area is 113 Å². The minimum Gasteiger partial charge on any atom is -1.00 e. The predicted octanol–water partition coefficient (Wildman–Crippen LogP) is -12.0. The van der Waals surface area contributed by atoms with Gasteiger partial charge in [0.25, 0.3) is 0 Å². The van der Waals surface area contributed by atoms with E-state index in [0.717, 1.165) is 0 Å². The molecule has 0 aliphatic rings. The Morgan fingerprint density at radius 1 is 0.500 bits per heavy atom. The van der Waals surface area contributed by atoms with Crippen molar-refractivity contribution in [3.05, 3.63) is 0 Å². The molecule has 0 atom stereocenters. The first-order valence-electron chi connectivity index (χ1n) is 0. The molecule has 0 saturated carbocycles. The van der Waals surface area contributed by atoms with Gasteiger partial charge < -0.3 is 49.6 Å². The van der Waals surface area contributed by atoms with E-state index < -0.39 is 0 Å². The number of rotatable bonds is 0. The molecule has 0 aromatic heterocycles. The fourth-order valence-corrected chi connectivity index (χ4v) is 0. The van der Waals surface area contributed by atoms with E-state index in [0.29, 0.717) is 0 Å². The SMILES string of the molecule is [Cl-].[Cl-].[Cl-].[Cl-].[Pd+2].[Ra+2]. The van der Waals surface area contributed by atoms with Crippen molar-refractivity contribution in [3.8, 4) is 0 Å². The van der Waals surface area contributed by atoms with E-state index in [2.05, 4.69) is 0 Å². The van der Waals surface area contributed by atoms with E-state index in [9.17, 15) is 0 Å². The van der Waals surface area contributed by atoms with E-state index in [1.807, 2.05) is 0 Å². The standard InChI is InChI=1S/4ClH.Pd.Ra/h4*1H;;/q;;;;2*+2/p-4. The van der Waals surface area contributed by atoms with Crippen molar-refractivity contribution in [2.75, 3.05) is 0 Å². The molecule has 0 N–H and O–H groups in total. The second kappa shape index (κ2) is 40.7. The summed E-state index contributed by atoms with van der Waals surface area (Å²) in [7, 11) is 0. The smallest absolute Gasteiger partial charge is 1.00 e. The fraction of sp³-hybridized carbons (Fsp3) is 0. The Balaban J connectivity index is 0. The van der Waals surface area contributed by atoms with Crippen LogP contribution in [-0.2, 0) is 20.4 Å². The molecule has 0 aromatic rings. The van der Waals surface area contributed by atoms with Crippen LogP contribution in [0, 0.1) is 45.0 Å². The molecule has 6 heavy (non-hydrogen) atoms. The van der Waals surface area contributed by atoms with Gasteiger partial charge in [0, 0.05) is 0 Å². The third-order valence-corrected chi connectivity index (χ3v) is 0. The predicted molar refractivity (Wildman–Crippen MR) is 0 cm³/mol. The average Bonchev–Trinajstić information content (AvgIpc) is 0. The zero-order valence-electron chi connectivity index (χ0n) is 2.54. The molecular formula is Cl4PdRa. The Morgan fingerprint density at radius 2 is 0.500 bits per heavy atom. The van der Waals surface area contributed by atoms with Crippen LogP contribution in [0.2, 0.25) is 0 Å². The Hall–Kier alpha value is 3.29. The summed E-state index contributed by atoms with van der Waals surface area (Å²) < 4.78 is 0. The molecule has 6 heteroatoms. The summed E-state index contributed by atoms with van der Waals surface area (Å²) in [6, 6.07) is 0. The maximum absolute atomic E-state index is 0. The molecule has 0 saturated heterocycles. The number of hydrogen-bond donors (Lipinski definition) is 0. The van der Waals surface area contributed by atoms with Crippen LogP contribution in [0.4, 0.5) is 0 Å². The van der Waals surface area contributed by atoms with Crippen LogP contribution >= 0.6 is 0 Å². The van der Waals surface area contributed by atoms with Crippen molar-refractivity contribution in [2.24, 2.45) is 0 Å². The summed E-state index contributed by atoms with van der Waals surface area (Å²) in [5.74, 6) is 0. The molecule has 0 aliphatic carbocycles. The van der Waals surface area contributed by atoms with E-state index in [1.165, 1.54) is 0 Å². The topological polar surface area (TPSA) is 0 Å². The molecule has 0 aliphatic heterocycles. The second-order valence-electron chi connectivity index (χ2n) is 0. The van der Waals surface area contributed by atoms with Crippen LogP contribution in [0.5, 0.6) is 0 Å². The van der Waals surface area contributed by atoms with E-state index in [-0.39, 0.29) is 115 Å². The first-order chi connectivity index (χ1) is 0. The van der Waals surface area contributed by atoms with Gasteiger partial charge in [0.1, 0.15) is 0 Å². The van der Waals surface area contributed by atoms with E-state index >= 15 is 0 Å². The van der Waals surface area contributed by atoms with Gasteiger partial charge in [-0.25, -0.2) is 0 Å². The summed E-state index contributed by atoms with van der Waals surface area (Å²) in [4.78, 5) is 0. The summed E-state index contributed by atoms with van der Waals surface area (Å²) in [5, 5.41) is 0. The van der Waals surface area contributed by atoms with Gasteiger partial charge in [0.2, 0.25) is 0 Å². The molecular weight excluding hydrogens is 474 g/mol. The van der Waals surface area contributed by atoms with Crippen LogP contribution in [0.1, 0.15) is 0 Å². The van der Waals surface area contributed by atoms with Crippen molar-refractivity contribution < 1.29 is 115 Å². The first-order valence-corrected chi connectivity index (χ1v) is 0. The molecule has 0 heterocycles. The quantitative estimate of drug-likeness (QED) is 0.306. The largest absolute Gasteiger partial charge is 2.00 e. The normalized spacial score (nSPS) is 0. The Bertz CT molecular complexity index is 7.51. The van der Waals surface area contributed by atoms with Gasteiger partial charge >= 0.3 is 65.4 Å². The Kier molecular flexibility index (Phi) is 400. The molecule has 0 aromatic carbocycles. The third-order valence-electron chi connectivity index (χ3n) is 0. The zero-order chi connectivity index (χ0) is 0. The minimum atomic E-state index is 0. The Morgan fingerprint density at radius 3 is 0.500 bits per heavy atom. The van der Waals surface area contributed by atoms with E-state index in [4.69, 9.17) is 0 Å². The van der Waals surface area contributed by atoms with Gasteiger partial charge in [-0.3, -0.25) is 0 Å². The van der Waals surface area contributed by atoms with Gasteiger partial charge in [0.05, 0.1) is 0 Å². The molecule has 0 nitrogen and oxygen atoms in total. The maximum Gasteiger partial charge on any atom is 2.00 e. The van der Waals surface area contributed by atoms with Gasteiger partial charge in [-0.2, -0.15) is 0 Å². The van der Waals surface area contributed by atoms with Crippen molar-refractivity contribution >= 4 is 0 Å². The summed E-state index contributed by atoms with van der Waals surface area (Å²) in [6.07, 6.45) is 0. The fourth-order valence-electron chi connectivity index (χ4n) is 0. The summed E-state index contributed by atoms with van der Waals surface area (Å²) >= 11 is 0. The van der Waals surface area contributed by atoms with Crippen LogP contribution in [0.25, 0.3) is 0 Å². The van der Waals surface area contributed by atoms with E-state index in [1.54, 1.807) is 0 Å². The van der Waals surface area contributed by atoms with Crippen LogP contribution in [0.15, 0.2) is 0 Å². The molecule has 0 fully saturated rings. The summed E-state index contributed by atoms with van der Waals surface area (Å²) in [6.45, 7) is 0. The van der Waals surface area contributed by atoms with Crippen molar-refractivity contribution in [3.63, 3.8) is 0 Å². The van der Waals surface area contributed by atoms with Gasteiger partial charge in [-0.05, 0) is 0 Å².